The van der Waals surface area contributed by atoms with Crippen LogP contribution in [0.5, 0.6) is 0 Å². The van der Waals surface area contributed by atoms with E-state index in [1.807, 2.05) is 0 Å². The second kappa shape index (κ2) is 5.10. The summed E-state index contributed by atoms with van der Waals surface area (Å²) in [6.07, 6.45) is 4.05. The predicted molar refractivity (Wildman–Crippen MR) is 76.3 cm³/mol. The molecule has 0 bridgehead atoms. The molecule has 1 aliphatic heterocycles. The molecule has 1 aromatic rings. The van der Waals surface area contributed by atoms with Gasteiger partial charge in [0.15, 0.2) is 0 Å². The molecule has 2 N–H and O–H groups in total. The van der Waals surface area contributed by atoms with E-state index in [2.05, 4.69) is 24.8 Å². The lowest BCUT2D eigenvalue weighted by molar-refractivity contribution is 0.0252. The number of anilines is 1. The van der Waals surface area contributed by atoms with Crippen molar-refractivity contribution in [2.45, 2.75) is 51.8 Å². The molecule has 1 aromatic heterocycles. The number of pyridine rings is 1. The lowest BCUT2D eigenvalue weighted by atomic mass is 10.1. The van der Waals surface area contributed by atoms with Crippen LogP contribution in [0.1, 0.15) is 36.1 Å². The number of nitrogens with zero attached hydrogens (tertiary/aromatic N) is 2. The highest BCUT2D eigenvalue weighted by Crippen LogP contribution is 2.34. The summed E-state index contributed by atoms with van der Waals surface area (Å²) in [6, 6.07) is 2.62. The third-order valence-electron chi connectivity index (χ3n) is 4.41. The predicted octanol–water partition coefficient (Wildman–Crippen LogP) is 1.91. The Morgan fingerprint density at radius 2 is 2.26 bits per heavy atom. The third kappa shape index (κ3) is 2.23. The molecular weight excluding hydrogens is 238 g/mol. The molecule has 0 spiro atoms. The van der Waals surface area contributed by atoms with Crippen molar-refractivity contribution in [3.05, 3.63) is 22.9 Å². The zero-order valence-electron chi connectivity index (χ0n) is 11.9. The molecule has 104 valence electrons. The van der Waals surface area contributed by atoms with Gasteiger partial charge in [-0.2, -0.15) is 0 Å². The second-order valence-corrected chi connectivity index (χ2v) is 5.69. The normalized spacial score (nSPS) is 26.6. The van der Waals surface area contributed by atoms with E-state index >= 15 is 0 Å². The number of fused-ring (bicyclic) bond motifs is 1. The molecule has 19 heavy (non-hydrogen) atoms. The van der Waals surface area contributed by atoms with Crippen molar-refractivity contribution in [1.29, 1.82) is 0 Å². The Morgan fingerprint density at radius 1 is 1.42 bits per heavy atom. The summed E-state index contributed by atoms with van der Waals surface area (Å²) in [5, 5.41) is 0. The van der Waals surface area contributed by atoms with Crippen LogP contribution < -0.4 is 10.6 Å². The quantitative estimate of drug-likeness (QED) is 0.883. The Kier molecular flexibility index (Phi) is 3.46. The maximum atomic E-state index is 5.95. The van der Waals surface area contributed by atoms with Gasteiger partial charge in [0.25, 0.3) is 0 Å². The fourth-order valence-corrected chi connectivity index (χ4v) is 3.52. The van der Waals surface area contributed by atoms with Crippen LogP contribution in [0.3, 0.4) is 0 Å². The molecule has 3 rings (SSSR count). The van der Waals surface area contributed by atoms with Crippen molar-refractivity contribution in [3.63, 3.8) is 0 Å². The van der Waals surface area contributed by atoms with Crippen molar-refractivity contribution < 1.29 is 4.74 Å². The molecule has 1 saturated heterocycles. The lowest BCUT2D eigenvalue weighted by Gasteiger charge is -2.39. The van der Waals surface area contributed by atoms with Crippen LogP contribution in [-0.4, -0.2) is 30.3 Å². The van der Waals surface area contributed by atoms with Gasteiger partial charge in [-0.25, -0.2) is 4.98 Å². The van der Waals surface area contributed by atoms with E-state index in [9.17, 15) is 0 Å². The summed E-state index contributed by atoms with van der Waals surface area (Å²) < 4.78 is 5.89. The van der Waals surface area contributed by atoms with Gasteiger partial charge in [-0.1, -0.05) is 0 Å². The van der Waals surface area contributed by atoms with Gasteiger partial charge >= 0.3 is 0 Å². The number of ether oxygens (including phenoxy) is 1. The number of hydrogen-bond acceptors (Lipinski definition) is 4. The summed E-state index contributed by atoms with van der Waals surface area (Å²) >= 11 is 0. The molecule has 2 fully saturated rings. The maximum absolute atomic E-state index is 5.95. The van der Waals surface area contributed by atoms with Gasteiger partial charge in [-0.3, -0.25) is 0 Å². The van der Waals surface area contributed by atoms with Crippen molar-refractivity contribution in [2.75, 3.05) is 18.1 Å². The van der Waals surface area contributed by atoms with E-state index < -0.39 is 0 Å². The van der Waals surface area contributed by atoms with E-state index in [4.69, 9.17) is 15.5 Å². The lowest BCUT2D eigenvalue weighted by Crippen LogP contribution is -2.49. The highest BCUT2D eigenvalue weighted by Gasteiger charge is 2.37. The highest BCUT2D eigenvalue weighted by molar-refractivity contribution is 5.53. The van der Waals surface area contributed by atoms with Gasteiger partial charge in [0.05, 0.1) is 18.8 Å². The van der Waals surface area contributed by atoms with Crippen LogP contribution in [0, 0.1) is 13.8 Å². The van der Waals surface area contributed by atoms with Crippen molar-refractivity contribution in [1.82, 2.24) is 4.98 Å². The van der Waals surface area contributed by atoms with Gasteiger partial charge in [-0.15, -0.1) is 0 Å². The van der Waals surface area contributed by atoms with Gasteiger partial charge in [0.1, 0.15) is 5.82 Å². The minimum Gasteiger partial charge on any atom is -0.374 e. The van der Waals surface area contributed by atoms with Gasteiger partial charge in [0, 0.05) is 24.3 Å². The van der Waals surface area contributed by atoms with E-state index in [0.717, 1.165) is 24.7 Å². The van der Waals surface area contributed by atoms with Crippen LogP contribution in [0.4, 0.5) is 5.82 Å². The summed E-state index contributed by atoms with van der Waals surface area (Å²) in [5.74, 6) is 1.10. The average molecular weight is 261 g/mol. The maximum Gasteiger partial charge on any atom is 0.134 e. The molecule has 0 aromatic carbocycles. The first-order chi connectivity index (χ1) is 9.20. The Hall–Kier alpha value is -1.13. The molecular formula is C15H23N3O. The smallest absolute Gasteiger partial charge is 0.134 e. The Morgan fingerprint density at radius 3 is 3.05 bits per heavy atom. The first-order valence-corrected chi connectivity index (χ1v) is 7.26. The van der Waals surface area contributed by atoms with Crippen LogP contribution in [0.2, 0.25) is 0 Å². The molecule has 2 aliphatic rings. The Balaban J connectivity index is 2.00. The van der Waals surface area contributed by atoms with E-state index in [1.165, 1.54) is 30.4 Å². The third-order valence-corrected chi connectivity index (χ3v) is 4.41. The standard InChI is InChI=1S/C15H23N3O/c1-10-8-11(2)17-15(12(10)9-16)18-6-7-19-14-5-3-4-13(14)18/h8,13-14H,3-7,9,16H2,1-2H3. The van der Waals surface area contributed by atoms with Crippen molar-refractivity contribution in [3.8, 4) is 0 Å². The van der Waals surface area contributed by atoms with Gasteiger partial charge < -0.3 is 15.4 Å². The Bertz CT molecular complexity index is 475. The molecule has 2 atom stereocenters. The van der Waals surface area contributed by atoms with Crippen LogP contribution in [0.25, 0.3) is 0 Å². The second-order valence-electron chi connectivity index (χ2n) is 5.69. The van der Waals surface area contributed by atoms with Crippen molar-refractivity contribution >= 4 is 5.82 Å². The monoisotopic (exact) mass is 261 g/mol. The van der Waals surface area contributed by atoms with Gasteiger partial charge in [0.2, 0.25) is 0 Å². The minimum atomic E-state index is 0.391. The fraction of sp³-hybridized carbons (Fsp3) is 0.667. The number of nitrogens with two attached hydrogens (primary N) is 1. The number of rotatable bonds is 2. The average Bonchev–Trinajstić information content (AvgIpc) is 2.85. The van der Waals surface area contributed by atoms with Crippen LogP contribution in [0.15, 0.2) is 6.07 Å². The first-order valence-electron chi connectivity index (χ1n) is 7.26. The van der Waals surface area contributed by atoms with Crippen molar-refractivity contribution in [2.24, 2.45) is 5.73 Å². The van der Waals surface area contributed by atoms with Crippen LogP contribution >= 0.6 is 0 Å². The van der Waals surface area contributed by atoms with E-state index in [1.54, 1.807) is 0 Å². The van der Waals surface area contributed by atoms with E-state index in [-0.39, 0.29) is 0 Å². The Labute approximate surface area is 115 Å². The molecule has 2 heterocycles. The molecule has 1 aliphatic carbocycles. The number of hydrogen-bond donors (Lipinski definition) is 1. The molecule has 4 nitrogen and oxygen atoms in total. The largest absolute Gasteiger partial charge is 0.374 e. The number of morpholine rings is 1. The highest BCUT2D eigenvalue weighted by atomic mass is 16.5. The zero-order valence-corrected chi connectivity index (χ0v) is 11.9. The van der Waals surface area contributed by atoms with Gasteiger partial charge in [-0.05, 0) is 44.7 Å². The SMILES string of the molecule is Cc1cc(C)c(CN)c(N2CCOC3CCCC32)n1. The number of aromatic nitrogens is 1. The zero-order chi connectivity index (χ0) is 13.4. The van der Waals surface area contributed by atoms with E-state index in [0.29, 0.717) is 18.7 Å². The summed E-state index contributed by atoms with van der Waals surface area (Å²) in [6.45, 7) is 6.49. The minimum absolute atomic E-state index is 0.391. The molecule has 0 amide bonds. The summed E-state index contributed by atoms with van der Waals surface area (Å²) in [5.41, 5.74) is 9.47. The fourth-order valence-electron chi connectivity index (χ4n) is 3.52. The summed E-state index contributed by atoms with van der Waals surface area (Å²) in [4.78, 5) is 7.23. The molecule has 0 radical (unpaired) electrons. The van der Waals surface area contributed by atoms with Crippen LogP contribution in [-0.2, 0) is 11.3 Å². The molecule has 1 saturated carbocycles. The number of aryl methyl sites for hydroxylation is 2. The first kappa shape index (κ1) is 12.9. The molecule has 2 unspecified atom stereocenters. The summed E-state index contributed by atoms with van der Waals surface area (Å²) in [7, 11) is 0. The molecule has 4 heteroatoms. The topological polar surface area (TPSA) is 51.4 Å².